The molecular formula is C45H58Cl4K2N6O12. The quantitative estimate of drug-likeness (QED) is 0.0794. The SMILES string of the molecule is CC(=O)OCC(=O)N1CCN(C(=O)Cc2ccc(Cl)c(Cl)c2)[C@H]2[C@H]1COC[C@@H]2N1CCCC1.O=C(Cc1ccc(Cl)c(Cl)c1)N1CCN(C(=O)CO)[C@@H]2COC[C@H](N3CCCC3)[C@H]21.O=CO[O-].[H-].[K+].[K+]. The predicted octanol–water partition coefficient (Wildman–Crippen LogP) is -4.01. The second-order valence-electron chi connectivity index (χ2n) is 17.1. The fourth-order valence-electron chi connectivity index (χ4n) is 10.1. The number of halogens is 4. The Hall–Kier alpha value is -0.547. The van der Waals surface area contributed by atoms with Crippen LogP contribution in [0.3, 0.4) is 0 Å². The van der Waals surface area contributed by atoms with Crippen molar-refractivity contribution in [3.05, 3.63) is 67.6 Å². The molecule has 0 saturated carbocycles. The van der Waals surface area contributed by atoms with Crippen LogP contribution in [0.15, 0.2) is 36.4 Å². The molecule has 0 unspecified atom stereocenters. The molecule has 0 bridgehead atoms. The number of ether oxygens (including phenoxy) is 3. The van der Waals surface area contributed by atoms with Crippen LogP contribution in [0.2, 0.25) is 20.1 Å². The maximum Gasteiger partial charge on any atom is 1.00 e. The predicted molar refractivity (Wildman–Crippen MR) is 245 cm³/mol. The van der Waals surface area contributed by atoms with Gasteiger partial charge < -0.3 is 50.5 Å². The average Bonchev–Trinajstić information content (AvgIpc) is 4.08. The summed E-state index contributed by atoms with van der Waals surface area (Å²) >= 11 is 24.3. The summed E-state index contributed by atoms with van der Waals surface area (Å²) in [5, 5.41) is 19.6. The third-order valence-electron chi connectivity index (χ3n) is 13.2. The van der Waals surface area contributed by atoms with Gasteiger partial charge in [-0.05, 0) is 87.3 Å². The van der Waals surface area contributed by atoms with Crippen LogP contribution >= 0.6 is 46.4 Å². The Morgan fingerprint density at radius 1 is 0.623 bits per heavy atom. The van der Waals surface area contributed by atoms with Crippen LogP contribution in [0.5, 0.6) is 0 Å². The molecule has 0 spiro atoms. The number of nitrogens with zero attached hydrogens (tertiary/aromatic N) is 6. The van der Waals surface area contributed by atoms with Crippen molar-refractivity contribution >= 4 is 82.5 Å². The largest absolute Gasteiger partial charge is 1.00 e. The summed E-state index contributed by atoms with van der Waals surface area (Å²) in [4.78, 5) is 86.5. The van der Waals surface area contributed by atoms with Crippen molar-refractivity contribution in [1.29, 1.82) is 0 Å². The first-order valence-electron chi connectivity index (χ1n) is 22.4. The Morgan fingerprint density at radius 3 is 1.36 bits per heavy atom. The van der Waals surface area contributed by atoms with Crippen LogP contribution in [0, 0.1) is 0 Å². The minimum Gasteiger partial charge on any atom is -1.00 e. The van der Waals surface area contributed by atoms with Crippen molar-refractivity contribution in [2.75, 3.05) is 92.0 Å². The van der Waals surface area contributed by atoms with E-state index in [1.165, 1.54) is 6.92 Å². The molecule has 0 aromatic heterocycles. The van der Waals surface area contributed by atoms with Crippen LogP contribution in [-0.4, -0.2) is 199 Å². The maximum atomic E-state index is 13.5. The zero-order valence-corrected chi connectivity index (χ0v) is 48.6. The number of piperazine rings is 2. The molecule has 6 heterocycles. The standard InChI is InChI=1S/C23H29Cl2N3O5.C21H27Cl2N3O4.CH2O3.2K.H/c1-15(29)33-14-22(31)27-8-9-28(21(30)11-16-4-5-17(24)18(25)10-16)23-19(12-32-13-20(23)27)26-6-2-3-7-26;22-15-4-3-14(9-16(15)23)10-19(28)26-8-7-25(20(29)11-27)18-13-30-12-17(21(18)26)24-5-1-2-6-24;2-1-4-3;;;/h4-5,10,19-20,23H,2-3,6-9,11-14H2,1H3;3-4,9,17-18,21,27H,1-2,5-8,10-13H2;1,3H;;;/q;;;2*+1;-1/p-1/t19-,20+,23+;17-,18+,21+;;;;/m00..../s1. The summed E-state index contributed by atoms with van der Waals surface area (Å²) in [6.45, 7) is 7.50. The van der Waals surface area contributed by atoms with E-state index in [0.717, 1.165) is 63.0 Å². The average molecular weight is 1090 g/mol. The number of carbonyl (C=O) groups is 6. The van der Waals surface area contributed by atoms with E-state index in [2.05, 4.69) is 14.7 Å². The van der Waals surface area contributed by atoms with E-state index >= 15 is 0 Å². The molecule has 6 aliphatic heterocycles. The number of likely N-dealkylation sites (tertiary alicyclic amines) is 2. The monoisotopic (exact) mass is 1090 g/mol. The summed E-state index contributed by atoms with van der Waals surface area (Å²) in [6, 6.07) is 9.63. The third-order valence-corrected chi connectivity index (χ3v) is 14.6. The van der Waals surface area contributed by atoms with Crippen LogP contribution in [0.25, 0.3) is 0 Å². The fourth-order valence-corrected chi connectivity index (χ4v) is 10.8. The minimum absolute atomic E-state index is 0. The van der Waals surface area contributed by atoms with E-state index in [4.69, 9.17) is 70.7 Å². The van der Waals surface area contributed by atoms with Gasteiger partial charge in [-0.25, -0.2) is 0 Å². The van der Waals surface area contributed by atoms with Gasteiger partial charge in [0.1, 0.15) is 6.61 Å². The molecule has 2 aromatic rings. The Balaban J connectivity index is 0.000000332. The molecule has 2 aromatic carbocycles. The van der Waals surface area contributed by atoms with Gasteiger partial charge in [0.15, 0.2) is 6.61 Å². The van der Waals surface area contributed by atoms with E-state index in [1.807, 2.05) is 21.9 Å². The van der Waals surface area contributed by atoms with Gasteiger partial charge >= 0.3 is 109 Å². The molecule has 24 heteroatoms. The molecule has 1 N–H and O–H groups in total. The first-order valence-corrected chi connectivity index (χ1v) is 23.9. The molecule has 0 radical (unpaired) electrons. The van der Waals surface area contributed by atoms with Gasteiger partial charge in [0.2, 0.25) is 17.7 Å². The van der Waals surface area contributed by atoms with E-state index in [9.17, 15) is 29.1 Å². The molecule has 0 aliphatic carbocycles. The number of aliphatic hydroxyl groups excluding tert-OH is 1. The van der Waals surface area contributed by atoms with Gasteiger partial charge in [0.05, 0.1) is 95.6 Å². The van der Waals surface area contributed by atoms with Gasteiger partial charge in [-0.3, -0.25) is 38.6 Å². The molecule has 6 fully saturated rings. The number of aliphatic hydroxyl groups is 1. The van der Waals surface area contributed by atoms with Crippen LogP contribution in [0.4, 0.5) is 0 Å². The first kappa shape index (κ1) is 61.0. The summed E-state index contributed by atoms with van der Waals surface area (Å²) in [7, 11) is 0. The summed E-state index contributed by atoms with van der Waals surface area (Å²) in [5.41, 5.74) is 1.61. The number of hydrogen-bond acceptors (Lipinski definition) is 14. The second kappa shape index (κ2) is 30.1. The van der Waals surface area contributed by atoms with Gasteiger partial charge in [0, 0.05) is 33.1 Å². The minimum atomic E-state index is -0.533. The van der Waals surface area contributed by atoms with Crippen LogP contribution in [-0.2, 0) is 60.7 Å². The normalized spacial score (nSPS) is 24.4. The van der Waals surface area contributed by atoms with E-state index in [0.29, 0.717) is 72.7 Å². The van der Waals surface area contributed by atoms with E-state index in [-0.39, 0.29) is 190 Å². The Morgan fingerprint density at radius 2 is 1.00 bits per heavy atom. The summed E-state index contributed by atoms with van der Waals surface area (Å²) in [5.74, 6) is -1.08. The van der Waals surface area contributed by atoms with Gasteiger partial charge in [0.25, 0.3) is 12.4 Å². The number of fused-ring (bicyclic) bond motifs is 2. The van der Waals surface area contributed by atoms with Crippen molar-refractivity contribution in [1.82, 2.24) is 29.4 Å². The van der Waals surface area contributed by atoms with Gasteiger partial charge in [-0.15, -0.1) is 0 Å². The molecule has 6 atom stereocenters. The number of benzene rings is 2. The van der Waals surface area contributed by atoms with Crippen molar-refractivity contribution < 1.29 is 162 Å². The third kappa shape index (κ3) is 16.2. The maximum absolute atomic E-state index is 13.5. The van der Waals surface area contributed by atoms with E-state index in [1.54, 1.807) is 34.1 Å². The van der Waals surface area contributed by atoms with Crippen LogP contribution < -0.4 is 108 Å². The van der Waals surface area contributed by atoms with Crippen molar-refractivity contribution in [2.24, 2.45) is 0 Å². The molecule has 8 rings (SSSR count). The topological polar surface area (TPSA) is 202 Å². The summed E-state index contributed by atoms with van der Waals surface area (Å²) < 4.78 is 16.8. The summed E-state index contributed by atoms with van der Waals surface area (Å²) in [6.07, 6.45) is 4.91. The number of esters is 1. The molecule has 6 aliphatic rings. The molecule has 6 saturated heterocycles. The molecule has 69 heavy (non-hydrogen) atoms. The zero-order chi connectivity index (χ0) is 48.2. The van der Waals surface area contributed by atoms with Gasteiger partial charge in [-0.1, -0.05) is 58.5 Å². The van der Waals surface area contributed by atoms with Crippen molar-refractivity contribution in [2.45, 2.75) is 81.7 Å². The number of hydrogen-bond donors (Lipinski definition) is 1. The first-order chi connectivity index (χ1) is 32.3. The zero-order valence-electron chi connectivity index (χ0n) is 40.3. The van der Waals surface area contributed by atoms with Gasteiger partial charge in [-0.2, -0.15) is 0 Å². The van der Waals surface area contributed by atoms with E-state index < -0.39 is 12.6 Å². The molecule has 370 valence electrons. The van der Waals surface area contributed by atoms with Crippen molar-refractivity contribution in [3.8, 4) is 0 Å². The number of rotatable bonds is 10. The molecule has 4 amide bonds. The molecule has 18 nitrogen and oxygen atoms in total. The van der Waals surface area contributed by atoms with Crippen LogP contribution in [0.1, 0.15) is 45.2 Å². The second-order valence-corrected chi connectivity index (χ2v) is 18.8. The Labute approximate surface area is 509 Å². The number of amides is 4. The van der Waals surface area contributed by atoms with Crippen molar-refractivity contribution in [3.63, 3.8) is 0 Å². The fraction of sp³-hybridized carbons (Fsp3) is 0.600. The molecular weight excluding hydrogens is 1040 g/mol. The number of carbonyl (C=O) groups excluding carboxylic acids is 6. The Bertz CT molecular complexity index is 2080. The Kier molecular flexibility index (Phi) is 26.6. The smallest absolute Gasteiger partial charge is 1.00 e.